The quantitative estimate of drug-likeness (QED) is 0.439. The van der Waals surface area contributed by atoms with Gasteiger partial charge in [0.2, 0.25) is 0 Å². The summed E-state index contributed by atoms with van der Waals surface area (Å²) < 4.78 is 0. The zero-order chi connectivity index (χ0) is 8.53. The van der Waals surface area contributed by atoms with Gasteiger partial charge >= 0.3 is 0 Å². The van der Waals surface area contributed by atoms with Crippen molar-refractivity contribution in [2.75, 3.05) is 17.9 Å². The molecule has 0 N–H and O–H groups in total. The van der Waals surface area contributed by atoms with Gasteiger partial charge in [-0.1, -0.05) is 13.3 Å². The number of alkyl halides is 1. The fourth-order valence-electron chi connectivity index (χ4n) is 1.22. The Labute approximate surface area is 80.1 Å². The molecule has 0 aliphatic heterocycles. The van der Waals surface area contributed by atoms with Gasteiger partial charge in [0.05, 0.1) is 0 Å². The van der Waals surface area contributed by atoms with Gasteiger partial charge in [-0.2, -0.15) is 11.8 Å². The second kappa shape index (κ2) is 8.73. The fraction of sp³-hybridized carbons (Fsp3) is 1.00. The van der Waals surface area contributed by atoms with Gasteiger partial charge in [-0.25, -0.2) is 0 Å². The SMILES string of the molecule is CCCC(CCl)CCCSC. The largest absolute Gasteiger partial charge is 0.165 e. The van der Waals surface area contributed by atoms with Gasteiger partial charge in [0.25, 0.3) is 0 Å². The molecule has 0 spiro atoms. The molecule has 0 rings (SSSR count). The smallest absolute Gasteiger partial charge is 0.0251 e. The predicted molar refractivity (Wildman–Crippen MR) is 56.7 cm³/mol. The van der Waals surface area contributed by atoms with Crippen molar-refractivity contribution in [3.8, 4) is 0 Å². The first-order valence-electron chi connectivity index (χ1n) is 4.40. The summed E-state index contributed by atoms with van der Waals surface area (Å²) in [6, 6.07) is 0. The summed E-state index contributed by atoms with van der Waals surface area (Å²) >= 11 is 7.75. The van der Waals surface area contributed by atoms with E-state index >= 15 is 0 Å². The zero-order valence-electron chi connectivity index (χ0n) is 7.61. The van der Waals surface area contributed by atoms with Gasteiger partial charge < -0.3 is 0 Å². The molecule has 0 aliphatic rings. The summed E-state index contributed by atoms with van der Waals surface area (Å²) in [4.78, 5) is 0. The van der Waals surface area contributed by atoms with E-state index in [9.17, 15) is 0 Å². The maximum Gasteiger partial charge on any atom is 0.0251 e. The number of rotatable bonds is 7. The molecule has 0 heterocycles. The molecule has 68 valence electrons. The third kappa shape index (κ3) is 7.02. The van der Waals surface area contributed by atoms with E-state index in [2.05, 4.69) is 13.2 Å². The minimum atomic E-state index is 0.772. The summed E-state index contributed by atoms with van der Waals surface area (Å²) in [5, 5.41) is 0. The number of hydrogen-bond donors (Lipinski definition) is 0. The van der Waals surface area contributed by atoms with Gasteiger partial charge in [-0.15, -0.1) is 11.6 Å². The molecule has 0 aromatic heterocycles. The van der Waals surface area contributed by atoms with Crippen LogP contribution in [0.2, 0.25) is 0 Å². The Hall–Kier alpha value is 0.640. The maximum atomic E-state index is 5.82. The van der Waals surface area contributed by atoms with Crippen LogP contribution in [0.4, 0.5) is 0 Å². The number of halogens is 1. The molecule has 1 atom stereocenters. The van der Waals surface area contributed by atoms with Crippen molar-refractivity contribution < 1.29 is 0 Å². The van der Waals surface area contributed by atoms with Crippen LogP contribution >= 0.6 is 23.4 Å². The van der Waals surface area contributed by atoms with Crippen LogP contribution in [0.3, 0.4) is 0 Å². The topological polar surface area (TPSA) is 0 Å². The van der Waals surface area contributed by atoms with Crippen LogP contribution in [0, 0.1) is 5.92 Å². The monoisotopic (exact) mass is 194 g/mol. The predicted octanol–water partition coefficient (Wildman–Crippen LogP) is 3.78. The molecule has 0 bridgehead atoms. The van der Waals surface area contributed by atoms with Crippen LogP contribution in [0.15, 0.2) is 0 Å². The first kappa shape index (κ1) is 11.6. The first-order chi connectivity index (χ1) is 5.35. The lowest BCUT2D eigenvalue weighted by Gasteiger charge is -2.11. The van der Waals surface area contributed by atoms with Crippen molar-refractivity contribution in [3.63, 3.8) is 0 Å². The van der Waals surface area contributed by atoms with Crippen molar-refractivity contribution in [2.24, 2.45) is 5.92 Å². The Bertz CT molecular complexity index is 76.0. The summed E-state index contributed by atoms with van der Waals surface area (Å²) in [7, 11) is 0. The molecule has 1 unspecified atom stereocenters. The lowest BCUT2D eigenvalue weighted by atomic mass is 10.0. The zero-order valence-corrected chi connectivity index (χ0v) is 9.18. The summed E-state index contributed by atoms with van der Waals surface area (Å²) in [5.74, 6) is 2.91. The van der Waals surface area contributed by atoms with E-state index in [1.807, 2.05) is 11.8 Å². The molecule has 0 fully saturated rings. The highest BCUT2D eigenvalue weighted by Crippen LogP contribution is 2.16. The van der Waals surface area contributed by atoms with Crippen molar-refractivity contribution in [1.82, 2.24) is 0 Å². The fourth-order valence-corrected chi connectivity index (χ4v) is 1.99. The second-order valence-corrected chi connectivity index (χ2v) is 4.24. The van der Waals surface area contributed by atoms with E-state index < -0.39 is 0 Å². The van der Waals surface area contributed by atoms with Gasteiger partial charge in [0.1, 0.15) is 0 Å². The normalized spacial score (nSPS) is 13.4. The third-order valence-electron chi connectivity index (χ3n) is 1.88. The molecule has 0 aromatic rings. The van der Waals surface area contributed by atoms with E-state index in [0.717, 1.165) is 11.8 Å². The second-order valence-electron chi connectivity index (χ2n) is 2.94. The lowest BCUT2D eigenvalue weighted by Crippen LogP contribution is -2.02. The standard InChI is InChI=1S/C9H19ClS/c1-3-5-9(8-10)6-4-7-11-2/h9H,3-8H2,1-2H3. The van der Waals surface area contributed by atoms with E-state index in [-0.39, 0.29) is 0 Å². The molecule has 2 heteroatoms. The molecule has 0 radical (unpaired) electrons. The maximum absolute atomic E-state index is 5.82. The first-order valence-corrected chi connectivity index (χ1v) is 6.32. The molecular formula is C9H19ClS. The molecular weight excluding hydrogens is 176 g/mol. The van der Waals surface area contributed by atoms with Gasteiger partial charge in [0.15, 0.2) is 0 Å². The van der Waals surface area contributed by atoms with Crippen LogP contribution in [0.25, 0.3) is 0 Å². The molecule has 11 heavy (non-hydrogen) atoms. The van der Waals surface area contributed by atoms with Gasteiger partial charge in [-0.05, 0) is 37.2 Å². The molecule has 0 saturated heterocycles. The third-order valence-corrected chi connectivity index (χ3v) is 3.01. The summed E-state index contributed by atoms with van der Waals surface area (Å²) in [5.41, 5.74) is 0. The van der Waals surface area contributed by atoms with E-state index in [4.69, 9.17) is 11.6 Å². The molecule has 0 amide bonds. The minimum absolute atomic E-state index is 0.772. The van der Waals surface area contributed by atoms with Crippen LogP contribution in [-0.2, 0) is 0 Å². The van der Waals surface area contributed by atoms with Crippen LogP contribution in [-0.4, -0.2) is 17.9 Å². The lowest BCUT2D eigenvalue weighted by molar-refractivity contribution is 0.487. The van der Waals surface area contributed by atoms with Crippen LogP contribution in [0.5, 0.6) is 0 Å². The summed E-state index contributed by atoms with van der Waals surface area (Å²) in [6.45, 7) is 2.23. The molecule has 0 nitrogen and oxygen atoms in total. The average molecular weight is 195 g/mol. The van der Waals surface area contributed by atoms with Crippen molar-refractivity contribution in [3.05, 3.63) is 0 Å². The van der Waals surface area contributed by atoms with Crippen LogP contribution < -0.4 is 0 Å². The van der Waals surface area contributed by atoms with E-state index in [0.29, 0.717) is 0 Å². The Balaban J connectivity index is 3.20. The van der Waals surface area contributed by atoms with E-state index in [1.165, 1.54) is 31.4 Å². The minimum Gasteiger partial charge on any atom is -0.165 e. The summed E-state index contributed by atoms with van der Waals surface area (Å²) in [6.07, 6.45) is 7.39. The van der Waals surface area contributed by atoms with E-state index in [1.54, 1.807) is 0 Å². The Morgan fingerprint density at radius 3 is 2.55 bits per heavy atom. The molecule has 0 saturated carbocycles. The average Bonchev–Trinajstić information content (AvgIpc) is 2.03. The van der Waals surface area contributed by atoms with Crippen molar-refractivity contribution in [2.45, 2.75) is 32.6 Å². The van der Waals surface area contributed by atoms with Crippen molar-refractivity contribution >= 4 is 23.4 Å². The van der Waals surface area contributed by atoms with Gasteiger partial charge in [0, 0.05) is 5.88 Å². The Morgan fingerprint density at radius 2 is 2.09 bits per heavy atom. The van der Waals surface area contributed by atoms with Gasteiger partial charge in [-0.3, -0.25) is 0 Å². The highest BCUT2D eigenvalue weighted by atomic mass is 35.5. The highest BCUT2D eigenvalue weighted by Gasteiger charge is 2.04. The molecule has 0 aromatic carbocycles. The molecule has 0 aliphatic carbocycles. The Kier molecular flexibility index (Phi) is 9.24. The highest BCUT2D eigenvalue weighted by molar-refractivity contribution is 7.98. The van der Waals surface area contributed by atoms with Crippen LogP contribution in [0.1, 0.15) is 32.6 Å². The number of hydrogen-bond acceptors (Lipinski definition) is 1. The number of thioether (sulfide) groups is 1. The van der Waals surface area contributed by atoms with Crippen molar-refractivity contribution in [1.29, 1.82) is 0 Å². The Morgan fingerprint density at radius 1 is 1.36 bits per heavy atom.